The first-order valence-corrected chi connectivity index (χ1v) is 16.1. The number of halogens is 1. The predicted molar refractivity (Wildman–Crippen MR) is 158 cm³/mol. The lowest BCUT2D eigenvalue weighted by atomic mass is 10.1. The summed E-state index contributed by atoms with van der Waals surface area (Å²) in [5.74, 6) is -0.314. The molecule has 1 N–H and O–H groups in total. The number of hydrogen-bond acceptors (Lipinski definition) is 5. The number of carbonyl (C=O) groups excluding carboxylic acids is 1. The van der Waals surface area contributed by atoms with Gasteiger partial charge in [0, 0.05) is 16.8 Å². The van der Waals surface area contributed by atoms with Crippen molar-refractivity contribution in [2.24, 2.45) is 0 Å². The summed E-state index contributed by atoms with van der Waals surface area (Å²) in [6, 6.07) is 26.0. The van der Waals surface area contributed by atoms with Crippen LogP contribution in [0, 0.1) is 6.92 Å². The molecule has 0 aliphatic rings. The van der Waals surface area contributed by atoms with E-state index in [2.05, 4.69) is 5.32 Å². The lowest BCUT2D eigenvalue weighted by molar-refractivity contribution is 0.0940. The molecule has 4 rings (SSSR count). The lowest BCUT2D eigenvalue weighted by Gasteiger charge is -2.26. The molecule has 0 fully saturated rings. The van der Waals surface area contributed by atoms with Gasteiger partial charge < -0.3 is 5.32 Å². The van der Waals surface area contributed by atoms with Crippen molar-refractivity contribution in [2.75, 3.05) is 10.6 Å². The average Bonchev–Trinajstić information content (AvgIpc) is 2.93. The monoisotopic (exact) mass is 596 g/mol. The second-order valence-corrected chi connectivity index (χ2v) is 13.8. The third kappa shape index (κ3) is 6.72. The highest BCUT2D eigenvalue weighted by molar-refractivity contribution is 7.92. The molecule has 4 aromatic rings. The fourth-order valence-electron chi connectivity index (χ4n) is 4.16. The molecule has 0 aliphatic heterocycles. The van der Waals surface area contributed by atoms with Gasteiger partial charge in [0.1, 0.15) is 0 Å². The van der Waals surface area contributed by atoms with E-state index in [1.807, 2.05) is 6.92 Å². The van der Waals surface area contributed by atoms with Gasteiger partial charge in [-0.3, -0.25) is 9.10 Å². The molecule has 0 radical (unpaired) electrons. The Hall–Kier alpha value is -3.66. The van der Waals surface area contributed by atoms with Crippen molar-refractivity contribution in [3.05, 3.63) is 124 Å². The molecule has 0 aromatic heterocycles. The zero-order valence-corrected chi connectivity index (χ0v) is 24.6. The first kappa shape index (κ1) is 29.3. The van der Waals surface area contributed by atoms with Gasteiger partial charge in [0.15, 0.2) is 9.84 Å². The van der Waals surface area contributed by atoms with E-state index >= 15 is 0 Å². The van der Waals surface area contributed by atoms with Crippen LogP contribution in [0.15, 0.2) is 107 Å². The van der Waals surface area contributed by atoms with Crippen LogP contribution in [-0.2, 0) is 26.4 Å². The second-order valence-electron chi connectivity index (χ2n) is 9.49. The van der Waals surface area contributed by atoms with Crippen LogP contribution >= 0.6 is 11.6 Å². The van der Waals surface area contributed by atoms with Crippen molar-refractivity contribution in [3.63, 3.8) is 0 Å². The number of anilines is 1. The molecule has 4 aromatic carbocycles. The van der Waals surface area contributed by atoms with Crippen molar-refractivity contribution in [1.82, 2.24) is 5.32 Å². The normalized spacial score (nSPS) is 12.5. The molecule has 208 valence electrons. The standard InChI is InChI=1S/C30H29ClN2O5S2/c1-21-9-16-26(31)19-29(21)33(40(37,38)28-7-5-4-6-8-28)20-23-10-12-25(13-11-23)30(34)32-22(2)24-14-17-27(18-15-24)39(3,35)36/h4-19,22H,20H2,1-3H3,(H,32,34). The maximum atomic E-state index is 13.7. The number of nitrogens with zero attached hydrogens (tertiary/aromatic N) is 1. The summed E-state index contributed by atoms with van der Waals surface area (Å²) in [4.78, 5) is 13.3. The molecule has 0 saturated heterocycles. The molecule has 7 nitrogen and oxygen atoms in total. The molecule has 1 unspecified atom stereocenters. The van der Waals surface area contributed by atoms with Gasteiger partial charge in [-0.25, -0.2) is 16.8 Å². The molecule has 1 atom stereocenters. The Labute approximate surface area is 240 Å². The van der Waals surface area contributed by atoms with Gasteiger partial charge in [-0.05, 0) is 79.1 Å². The molecule has 0 spiro atoms. The summed E-state index contributed by atoms with van der Waals surface area (Å²) >= 11 is 6.24. The van der Waals surface area contributed by atoms with E-state index in [-0.39, 0.29) is 28.3 Å². The van der Waals surface area contributed by atoms with Crippen LogP contribution in [0.3, 0.4) is 0 Å². The number of sulfone groups is 1. The number of benzene rings is 4. The first-order chi connectivity index (χ1) is 18.9. The minimum Gasteiger partial charge on any atom is -0.346 e. The van der Waals surface area contributed by atoms with E-state index in [4.69, 9.17) is 11.6 Å². The zero-order chi connectivity index (χ0) is 29.1. The summed E-state index contributed by atoms with van der Waals surface area (Å²) in [6.07, 6.45) is 1.14. The van der Waals surface area contributed by atoms with Gasteiger partial charge in [0.25, 0.3) is 15.9 Å². The average molecular weight is 597 g/mol. The summed E-state index contributed by atoms with van der Waals surface area (Å²) in [7, 11) is -7.23. The van der Waals surface area contributed by atoms with E-state index in [1.165, 1.54) is 16.4 Å². The number of sulfonamides is 1. The van der Waals surface area contributed by atoms with Crippen LogP contribution in [0.5, 0.6) is 0 Å². The fourth-order valence-corrected chi connectivity index (χ4v) is 6.49. The number of amides is 1. The number of carbonyl (C=O) groups is 1. The Morgan fingerprint density at radius 2 is 1.48 bits per heavy atom. The highest BCUT2D eigenvalue weighted by atomic mass is 35.5. The highest BCUT2D eigenvalue weighted by Crippen LogP contribution is 2.31. The SMILES string of the molecule is Cc1ccc(Cl)cc1N(Cc1ccc(C(=O)NC(C)c2ccc(S(C)(=O)=O)cc2)cc1)S(=O)(=O)c1ccccc1. The third-order valence-electron chi connectivity index (χ3n) is 6.47. The summed E-state index contributed by atoms with van der Waals surface area (Å²) in [6.45, 7) is 3.66. The van der Waals surface area contributed by atoms with Crippen molar-refractivity contribution in [3.8, 4) is 0 Å². The molecule has 1 amide bonds. The van der Waals surface area contributed by atoms with Crippen molar-refractivity contribution < 1.29 is 21.6 Å². The van der Waals surface area contributed by atoms with E-state index in [0.29, 0.717) is 21.8 Å². The highest BCUT2D eigenvalue weighted by Gasteiger charge is 2.26. The van der Waals surface area contributed by atoms with Gasteiger partial charge in [0.2, 0.25) is 0 Å². The van der Waals surface area contributed by atoms with Crippen molar-refractivity contribution in [1.29, 1.82) is 0 Å². The molecule has 10 heteroatoms. The van der Waals surface area contributed by atoms with Crippen LogP contribution in [-0.4, -0.2) is 29.0 Å². The van der Waals surface area contributed by atoms with Crippen LogP contribution in [0.25, 0.3) is 0 Å². The minimum absolute atomic E-state index is 0.0311. The van der Waals surface area contributed by atoms with Gasteiger partial charge in [-0.1, -0.05) is 60.1 Å². The quantitative estimate of drug-likeness (QED) is 0.258. The number of nitrogens with one attached hydrogen (secondary N) is 1. The Bertz CT molecular complexity index is 1720. The van der Waals surface area contributed by atoms with Crippen LogP contribution in [0.1, 0.15) is 40.0 Å². The molecule has 0 bridgehead atoms. The molecule has 0 heterocycles. The van der Waals surface area contributed by atoms with Crippen molar-refractivity contribution >= 4 is 43.1 Å². The summed E-state index contributed by atoms with van der Waals surface area (Å²) in [5.41, 5.74) is 3.06. The number of rotatable bonds is 9. The second kappa shape index (κ2) is 11.8. The fraction of sp³-hybridized carbons (Fsp3) is 0.167. The molecular formula is C30H29ClN2O5S2. The van der Waals surface area contributed by atoms with E-state index in [1.54, 1.807) is 91.9 Å². The van der Waals surface area contributed by atoms with E-state index < -0.39 is 19.9 Å². The minimum atomic E-state index is -3.92. The van der Waals surface area contributed by atoms with Crippen LogP contribution in [0.4, 0.5) is 5.69 Å². The van der Waals surface area contributed by atoms with Gasteiger partial charge in [-0.2, -0.15) is 0 Å². The van der Waals surface area contributed by atoms with Gasteiger partial charge >= 0.3 is 0 Å². The predicted octanol–water partition coefficient (Wildman–Crippen LogP) is 5.94. The maximum absolute atomic E-state index is 13.7. The Morgan fingerprint density at radius 1 is 0.850 bits per heavy atom. The largest absolute Gasteiger partial charge is 0.346 e. The van der Waals surface area contributed by atoms with Gasteiger partial charge in [-0.15, -0.1) is 0 Å². The number of aryl methyl sites for hydroxylation is 1. The smallest absolute Gasteiger partial charge is 0.264 e. The van der Waals surface area contributed by atoms with E-state index in [0.717, 1.165) is 17.4 Å². The first-order valence-electron chi connectivity index (χ1n) is 12.4. The van der Waals surface area contributed by atoms with Crippen LogP contribution in [0.2, 0.25) is 5.02 Å². The zero-order valence-electron chi connectivity index (χ0n) is 22.2. The summed E-state index contributed by atoms with van der Waals surface area (Å²) < 4.78 is 52.1. The van der Waals surface area contributed by atoms with Crippen LogP contribution < -0.4 is 9.62 Å². The summed E-state index contributed by atoms with van der Waals surface area (Å²) in [5, 5.41) is 3.32. The van der Waals surface area contributed by atoms with Crippen molar-refractivity contribution in [2.45, 2.75) is 36.2 Å². The third-order valence-corrected chi connectivity index (χ3v) is 9.61. The Balaban J connectivity index is 1.55. The lowest BCUT2D eigenvalue weighted by Crippen LogP contribution is -2.31. The Kier molecular flexibility index (Phi) is 8.68. The molecule has 40 heavy (non-hydrogen) atoms. The topological polar surface area (TPSA) is 101 Å². The molecule has 0 saturated carbocycles. The van der Waals surface area contributed by atoms with Gasteiger partial charge in [0.05, 0.1) is 28.1 Å². The van der Waals surface area contributed by atoms with E-state index in [9.17, 15) is 21.6 Å². The maximum Gasteiger partial charge on any atom is 0.264 e. The molecular weight excluding hydrogens is 568 g/mol. The number of hydrogen-bond donors (Lipinski definition) is 1. The Morgan fingerprint density at radius 3 is 2.08 bits per heavy atom. The molecule has 0 aliphatic carbocycles.